The normalized spacial score (nSPS) is 18.6. The van der Waals surface area contributed by atoms with E-state index in [4.69, 9.17) is 11.6 Å². The molecular weight excluding hydrogens is 532 g/mol. The third-order valence-electron chi connectivity index (χ3n) is 6.33. The number of nitrogens with zero attached hydrogens (tertiary/aromatic N) is 2. The third-order valence-corrected chi connectivity index (χ3v) is 8.12. The number of rotatable bonds is 9. The van der Waals surface area contributed by atoms with Crippen molar-refractivity contribution in [2.24, 2.45) is 4.99 Å². The second-order valence-electron chi connectivity index (χ2n) is 9.14. The third kappa shape index (κ3) is 7.15. The Labute approximate surface area is 226 Å². The minimum absolute atomic E-state index is 0.0712. The standard InChI is InChI=1S/C25H31ClN6O5S/c26-20-14-17(9-10-22(20)32-13-4-6-18(16-32)30-25-27-11-5-12-28-25)23(33)29-15-21(24(34)35)31-38(36,37)19-7-2-1-3-8-19/h1-3,7-10,14,18,21,31H,4-6,11-13,15-16H2,(H,29,33)(H,34,35)(H2,27,28,30). The average Bonchev–Trinajstić information content (AvgIpc) is 2.92. The molecule has 0 saturated carbocycles. The lowest BCUT2D eigenvalue weighted by Gasteiger charge is -2.36. The van der Waals surface area contributed by atoms with E-state index in [1.54, 1.807) is 18.2 Å². The number of carboxylic acids is 1. The highest BCUT2D eigenvalue weighted by molar-refractivity contribution is 7.89. The highest BCUT2D eigenvalue weighted by atomic mass is 35.5. The summed E-state index contributed by atoms with van der Waals surface area (Å²) >= 11 is 6.55. The Kier molecular flexibility index (Phi) is 9.08. The number of benzene rings is 2. The van der Waals surface area contributed by atoms with Crippen LogP contribution in [0.3, 0.4) is 0 Å². The van der Waals surface area contributed by atoms with Crippen LogP contribution in [0.4, 0.5) is 5.69 Å². The molecule has 4 rings (SSSR count). The Morgan fingerprint density at radius 1 is 1.18 bits per heavy atom. The van der Waals surface area contributed by atoms with E-state index in [2.05, 4.69) is 30.6 Å². The fraction of sp³-hybridized carbons (Fsp3) is 0.400. The molecule has 2 atom stereocenters. The summed E-state index contributed by atoms with van der Waals surface area (Å²) in [7, 11) is -4.08. The van der Waals surface area contributed by atoms with Gasteiger partial charge in [-0.25, -0.2) is 8.42 Å². The zero-order valence-corrected chi connectivity index (χ0v) is 22.3. The summed E-state index contributed by atoms with van der Waals surface area (Å²) < 4.78 is 27.1. The van der Waals surface area contributed by atoms with Crippen LogP contribution in [-0.4, -0.2) is 76.2 Å². The monoisotopic (exact) mass is 562 g/mol. The van der Waals surface area contributed by atoms with Crippen LogP contribution in [0.1, 0.15) is 29.6 Å². The number of sulfonamides is 1. The van der Waals surface area contributed by atoms with Crippen molar-refractivity contribution in [3.05, 3.63) is 59.1 Å². The number of nitrogens with one attached hydrogen (secondary N) is 4. The van der Waals surface area contributed by atoms with Gasteiger partial charge in [0.15, 0.2) is 5.96 Å². The summed E-state index contributed by atoms with van der Waals surface area (Å²) in [4.78, 5) is 31.0. The molecule has 1 saturated heterocycles. The maximum absolute atomic E-state index is 12.7. The van der Waals surface area contributed by atoms with E-state index < -0.39 is 34.5 Å². The molecule has 2 aromatic carbocycles. The van der Waals surface area contributed by atoms with E-state index in [1.807, 2.05) is 0 Å². The lowest BCUT2D eigenvalue weighted by Crippen LogP contribution is -2.52. The van der Waals surface area contributed by atoms with Gasteiger partial charge in [-0.05, 0) is 49.6 Å². The quantitative estimate of drug-likeness (QED) is 0.307. The van der Waals surface area contributed by atoms with Crippen LogP contribution in [0.2, 0.25) is 5.02 Å². The van der Waals surface area contributed by atoms with Crippen LogP contribution in [0.5, 0.6) is 0 Å². The molecule has 2 aromatic rings. The van der Waals surface area contributed by atoms with E-state index in [0.717, 1.165) is 57.1 Å². The predicted octanol–water partition coefficient (Wildman–Crippen LogP) is 1.41. The van der Waals surface area contributed by atoms with Gasteiger partial charge in [0, 0.05) is 44.3 Å². The Hall–Kier alpha value is -3.35. The van der Waals surface area contributed by atoms with Crippen molar-refractivity contribution in [3.63, 3.8) is 0 Å². The Morgan fingerprint density at radius 3 is 2.66 bits per heavy atom. The number of carbonyl (C=O) groups excluding carboxylic acids is 1. The first-order valence-corrected chi connectivity index (χ1v) is 14.3. The number of hydrogen-bond acceptors (Lipinski definition) is 8. The fourth-order valence-corrected chi connectivity index (χ4v) is 5.88. The van der Waals surface area contributed by atoms with Crippen molar-refractivity contribution in [2.45, 2.75) is 36.2 Å². The zero-order valence-electron chi connectivity index (χ0n) is 20.7. The molecule has 0 aliphatic carbocycles. The number of anilines is 1. The van der Waals surface area contributed by atoms with Crippen molar-refractivity contribution in [1.82, 2.24) is 20.7 Å². The van der Waals surface area contributed by atoms with Crippen LogP contribution < -0.4 is 25.6 Å². The minimum atomic E-state index is -4.08. The van der Waals surface area contributed by atoms with Crippen LogP contribution in [-0.2, 0) is 14.8 Å². The SMILES string of the molecule is O=C(NCC(NS(=O)(=O)c1ccccc1)C(=O)O)c1ccc(N2CCCC(NC3=NCCCN3)C2)c(Cl)c1. The van der Waals surface area contributed by atoms with Gasteiger partial charge in [-0.3, -0.25) is 14.6 Å². The lowest BCUT2D eigenvalue weighted by atomic mass is 10.0. The number of carboxylic acid groups (broad SMARTS) is 1. The number of carbonyl (C=O) groups is 2. The van der Waals surface area contributed by atoms with Gasteiger partial charge in [0.25, 0.3) is 5.91 Å². The molecule has 0 radical (unpaired) electrons. The van der Waals surface area contributed by atoms with Gasteiger partial charge in [-0.15, -0.1) is 0 Å². The van der Waals surface area contributed by atoms with Gasteiger partial charge in [0.05, 0.1) is 15.6 Å². The molecule has 0 spiro atoms. The van der Waals surface area contributed by atoms with Crippen molar-refractivity contribution in [2.75, 3.05) is 37.6 Å². The summed E-state index contributed by atoms with van der Waals surface area (Å²) in [6, 6.07) is 11.0. The van der Waals surface area contributed by atoms with Gasteiger partial charge in [-0.2, -0.15) is 4.72 Å². The van der Waals surface area contributed by atoms with Gasteiger partial charge < -0.3 is 26.0 Å². The van der Waals surface area contributed by atoms with E-state index in [0.29, 0.717) is 5.02 Å². The van der Waals surface area contributed by atoms with Crippen molar-refractivity contribution in [1.29, 1.82) is 0 Å². The topological polar surface area (TPSA) is 152 Å². The van der Waals surface area contributed by atoms with E-state index in [9.17, 15) is 23.1 Å². The summed E-state index contributed by atoms with van der Waals surface area (Å²) in [5.41, 5.74) is 1.04. The molecule has 11 nitrogen and oxygen atoms in total. The van der Waals surface area contributed by atoms with Crippen molar-refractivity contribution < 1.29 is 23.1 Å². The first-order chi connectivity index (χ1) is 18.2. The fourth-order valence-electron chi connectivity index (χ4n) is 4.37. The minimum Gasteiger partial charge on any atom is -0.480 e. The number of piperidine rings is 1. The molecule has 13 heteroatoms. The molecule has 1 amide bonds. The Balaban J connectivity index is 1.36. The summed E-state index contributed by atoms with van der Waals surface area (Å²) in [5.74, 6) is -1.16. The molecular formula is C25H31ClN6O5S. The van der Waals surface area contributed by atoms with Crippen molar-refractivity contribution >= 4 is 45.1 Å². The average molecular weight is 563 g/mol. The molecule has 0 aromatic heterocycles. The summed E-state index contributed by atoms with van der Waals surface area (Å²) in [6.07, 6.45) is 3.00. The molecule has 2 aliphatic rings. The predicted molar refractivity (Wildman–Crippen MR) is 145 cm³/mol. The lowest BCUT2D eigenvalue weighted by molar-refractivity contribution is -0.138. The van der Waals surface area contributed by atoms with Crippen LogP contribution in [0.15, 0.2) is 58.4 Å². The number of aliphatic carboxylic acids is 1. The van der Waals surface area contributed by atoms with E-state index in [-0.39, 0.29) is 16.5 Å². The van der Waals surface area contributed by atoms with Gasteiger partial charge in [0.1, 0.15) is 6.04 Å². The number of guanidine groups is 1. The second kappa shape index (κ2) is 12.5. The first-order valence-electron chi connectivity index (χ1n) is 12.4. The van der Waals surface area contributed by atoms with Crippen LogP contribution in [0.25, 0.3) is 0 Å². The number of hydrogen-bond donors (Lipinski definition) is 5. The zero-order chi connectivity index (χ0) is 27.1. The highest BCUT2D eigenvalue weighted by Gasteiger charge is 2.27. The van der Waals surface area contributed by atoms with Crippen molar-refractivity contribution in [3.8, 4) is 0 Å². The van der Waals surface area contributed by atoms with Crippen LogP contribution >= 0.6 is 11.6 Å². The molecule has 204 valence electrons. The number of halogens is 1. The molecule has 38 heavy (non-hydrogen) atoms. The maximum atomic E-state index is 12.7. The summed E-state index contributed by atoms with van der Waals surface area (Å²) in [6.45, 7) is 2.83. The number of amides is 1. The molecule has 0 bridgehead atoms. The van der Waals surface area contributed by atoms with Crippen LogP contribution in [0, 0.1) is 0 Å². The second-order valence-corrected chi connectivity index (χ2v) is 11.3. The van der Waals surface area contributed by atoms with E-state index in [1.165, 1.54) is 30.3 Å². The Morgan fingerprint density at radius 2 is 1.97 bits per heavy atom. The smallest absolute Gasteiger partial charge is 0.323 e. The molecule has 2 aliphatic heterocycles. The van der Waals surface area contributed by atoms with Gasteiger partial charge in [-0.1, -0.05) is 29.8 Å². The molecule has 2 unspecified atom stereocenters. The molecule has 5 N–H and O–H groups in total. The number of aliphatic imine (C=N–C) groups is 1. The van der Waals surface area contributed by atoms with E-state index >= 15 is 0 Å². The van der Waals surface area contributed by atoms with Gasteiger partial charge >= 0.3 is 5.97 Å². The molecule has 1 fully saturated rings. The first kappa shape index (κ1) is 27.7. The summed E-state index contributed by atoms with van der Waals surface area (Å²) in [5, 5.41) is 19.1. The largest absolute Gasteiger partial charge is 0.480 e. The highest BCUT2D eigenvalue weighted by Crippen LogP contribution is 2.29. The van der Waals surface area contributed by atoms with Gasteiger partial charge in [0.2, 0.25) is 10.0 Å². The Bertz CT molecular complexity index is 1290. The molecule has 2 heterocycles. The maximum Gasteiger partial charge on any atom is 0.323 e.